The van der Waals surface area contributed by atoms with Gasteiger partial charge in [-0.3, -0.25) is 4.99 Å². The van der Waals surface area contributed by atoms with Crippen LogP contribution in [0.15, 0.2) is 23.2 Å². The number of nitrogens with zero attached hydrogens (tertiary/aromatic N) is 1. The van der Waals surface area contributed by atoms with E-state index < -0.39 is 0 Å². The Morgan fingerprint density at radius 2 is 1.92 bits per heavy atom. The van der Waals surface area contributed by atoms with Crippen LogP contribution < -0.4 is 20.1 Å². The maximum Gasteiger partial charge on any atom is 0.191 e. The number of nitrogens with one attached hydrogen (secondary N) is 2. The highest BCUT2D eigenvalue weighted by Crippen LogP contribution is 2.34. The largest absolute Gasteiger partial charge is 0.486 e. The van der Waals surface area contributed by atoms with Gasteiger partial charge in [-0.15, -0.1) is 24.0 Å². The Kier molecular flexibility index (Phi) is 9.34. The average molecular weight is 463 g/mol. The van der Waals surface area contributed by atoms with Crippen molar-refractivity contribution in [1.82, 2.24) is 10.6 Å². The number of hydrogen-bond acceptors (Lipinski definition) is 4. The lowest BCUT2D eigenvalue weighted by molar-refractivity contribution is 0.171. The number of guanidine groups is 1. The van der Waals surface area contributed by atoms with Gasteiger partial charge in [0, 0.05) is 39.3 Å². The Morgan fingerprint density at radius 3 is 2.60 bits per heavy atom. The first-order valence-corrected chi connectivity index (χ1v) is 8.40. The molecule has 1 aliphatic heterocycles. The fourth-order valence-electron chi connectivity index (χ4n) is 2.51. The van der Waals surface area contributed by atoms with E-state index in [0.29, 0.717) is 13.2 Å². The lowest BCUT2D eigenvalue weighted by atomic mass is 9.84. The van der Waals surface area contributed by atoms with E-state index in [-0.39, 0.29) is 29.4 Å². The van der Waals surface area contributed by atoms with Crippen molar-refractivity contribution >= 4 is 29.9 Å². The van der Waals surface area contributed by atoms with Crippen molar-refractivity contribution < 1.29 is 14.2 Å². The molecular weight excluding hydrogens is 433 g/mol. The summed E-state index contributed by atoms with van der Waals surface area (Å²) in [5.41, 5.74) is 1.13. The van der Waals surface area contributed by atoms with Crippen molar-refractivity contribution in [3.8, 4) is 11.5 Å². The predicted octanol–water partition coefficient (Wildman–Crippen LogP) is 2.55. The summed E-state index contributed by atoms with van der Waals surface area (Å²) in [6, 6.07) is 6.16. The van der Waals surface area contributed by atoms with Crippen LogP contribution in [0, 0.1) is 0 Å². The van der Waals surface area contributed by atoms with Crippen molar-refractivity contribution in [2.75, 3.05) is 47.1 Å². The molecule has 0 aromatic heterocycles. The maximum atomic E-state index is 5.69. The molecule has 0 saturated carbocycles. The smallest absolute Gasteiger partial charge is 0.191 e. The predicted molar refractivity (Wildman–Crippen MR) is 112 cm³/mol. The van der Waals surface area contributed by atoms with E-state index >= 15 is 0 Å². The molecule has 6 nitrogen and oxygen atoms in total. The van der Waals surface area contributed by atoms with Gasteiger partial charge in [0.1, 0.15) is 13.2 Å². The van der Waals surface area contributed by atoms with Gasteiger partial charge in [-0.2, -0.15) is 0 Å². The molecule has 0 bridgehead atoms. The van der Waals surface area contributed by atoms with Crippen molar-refractivity contribution in [3.05, 3.63) is 23.8 Å². The molecule has 25 heavy (non-hydrogen) atoms. The first-order chi connectivity index (χ1) is 11.6. The lowest BCUT2D eigenvalue weighted by Crippen LogP contribution is -2.43. The van der Waals surface area contributed by atoms with E-state index in [0.717, 1.165) is 43.6 Å². The molecule has 0 unspecified atom stereocenters. The molecule has 0 saturated heterocycles. The van der Waals surface area contributed by atoms with Gasteiger partial charge < -0.3 is 24.8 Å². The third-order valence-corrected chi connectivity index (χ3v) is 4.06. The third-order valence-electron chi connectivity index (χ3n) is 4.06. The minimum atomic E-state index is -0.0695. The van der Waals surface area contributed by atoms with Crippen LogP contribution in [-0.2, 0) is 10.2 Å². The zero-order valence-corrected chi connectivity index (χ0v) is 17.9. The number of ether oxygens (including phenoxy) is 3. The van der Waals surface area contributed by atoms with Crippen molar-refractivity contribution in [3.63, 3.8) is 0 Å². The topological polar surface area (TPSA) is 64.1 Å². The van der Waals surface area contributed by atoms with Gasteiger partial charge in [0.2, 0.25) is 0 Å². The normalized spacial score (nSPS) is 13.8. The fraction of sp³-hybridized carbons (Fsp3) is 0.611. The molecule has 0 spiro atoms. The van der Waals surface area contributed by atoms with E-state index in [1.165, 1.54) is 5.56 Å². The van der Waals surface area contributed by atoms with E-state index in [4.69, 9.17) is 14.2 Å². The third kappa shape index (κ3) is 6.54. The Labute approximate surface area is 167 Å². The van der Waals surface area contributed by atoms with Crippen LogP contribution in [0.2, 0.25) is 0 Å². The first kappa shape index (κ1) is 21.8. The van der Waals surface area contributed by atoms with Crippen molar-refractivity contribution in [2.24, 2.45) is 4.99 Å². The molecule has 1 aromatic rings. The minimum Gasteiger partial charge on any atom is -0.486 e. The van der Waals surface area contributed by atoms with E-state index in [1.807, 2.05) is 6.07 Å². The van der Waals surface area contributed by atoms with Crippen molar-refractivity contribution in [1.29, 1.82) is 0 Å². The quantitative estimate of drug-likeness (QED) is 0.282. The van der Waals surface area contributed by atoms with Crippen LogP contribution >= 0.6 is 24.0 Å². The van der Waals surface area contributed by atoms with Crippen molar-refractivity contribution in [2.45, 2.75) is 25.7 Å². The lowest BCUT2D eigenvalue weighted by Gasteiger charge is -2.28. The summed E-state index contributed by atoms with van der Waals surface area (Å²) in [6.45, 7) is 7.95. The van der Waals surface area contributed by atoms with Crippen LogP contribution in [0.5, 0.6) is 11.5 Å². The Bertz CT molecular complexity index is 564. The number of methoxy groups -OCH3 is 1. The molecule has 1 aliphatic rings. The van der Waals surface area contributed by atoms with E-state index in [9.17, 15) is 0 Å². The molecule has 0 radical (unpaired) electrons. The number of rotatable bonds is 7. The molecule has 0 fully saturated rings. The summed E-state index contributed by atoms with van der Waals surface area (Å²) >= 11 is 0. The standard InChI is InChI=1S/C18H29N3O3.HI/c1-18(2,13-21-17(19-3)20-8-5-9-22-4)14-6-7-15-16(12-14)24-11-10-23-15;/h6-7,12H,5,8-11,13H2,1-4H3,(H2,19,20,21);1H. The van der Waals surface area contributed by atoms with E-state index in [1.54, 1.807) is 14.2 Å². The van der Waals surface area contributed by atoms with Gasteiger partial charge in [0.25, 0.3) is 0 Å². The number of aliphatic imine (C=N–C) groups is 1. The highest BCUT2D eigenvalue weighted by atomic mass is 127. The number of halogens is 1. The maximum absolute atomic E-state index is 5.69. The Balaban J connectivity index is 0.00000312. The van der Waals surface area contributed by atoms with Crippen LogP contribution in [0.4, 0.5) is 0 Å². The average Bonchev–Trinajstić information content (AvgIpc) is 2.60. The Morgan fingerprint density at radius 1 is 1.20 bits per heavy atom. The van der Waals surface area contributed by atoms with Crippen LogP contribution in [-0.4, -0.2) is 53.0 Å². The summed E-state index contributed by atoms with van der Waals surface area (Å²) < 4.78 is 16.3. The molecule has 1 aromatic carbocycles. The zero-order chi connectivity index (χ0) is 17.4. The van der Waals surface area contributed by atoms with Crippen LogP contribution in [0.25, 0.3) is 0 Å². The van der Waals surface area contributed by atoms with Gasteiger partial charge in [-0.1, -0.05) is 19.9 Å². The highest BCUT2D eigenvalue weighted by molar-refractivity contribution is 14.0. The van der Waals surface area contributed by atoms with Crippen LogP contribution in [0.1, 0.15) is 25.8 Å². The molecule has 142 valence electrons. The summed E-state index contributed by atoms with van der Waals surface area (Å²) in [6.07, 6.45) is 0.947. The number of hydrogen-bond donors (Lipinski definition) is 2. The monoisotopic (exact) mass is 463 g/mol. The highest BCUT2D eigenvalue weighted by Gasteiger charge is 2.23. The molecule has 0 amide bonds. The molecule has 2 rings (SSSR count). The van der Waals surface area contributed by atoms with Gasteiger partial charge in [-0.05, 0) is 24.1 Å². The van der Waals surface area contributed by atoms with Crippen LogP contribution in [0.3, 0.4) is 0 Å². The number of fused-ring (bicyclic) bond motifs is 1. The minimum absolute atomic E-state index is 0. The second-order valence-electron chi connectivity index (χ2n) is 6.44. The van der Waals surface area contributed by atoms with E-state index in [2.05, 4.69) is 41.6 Å². The molecule has 1 heterocycles. The second-order valence-corrected chi connectivity index (χ2v) is 6.44. The molecule has 0 aliphatic carbocycles. The van der Waals surface area contributed by atoms with Gasteiger partial charge >= 0.3 is 0 Å². The summed E-state index contributed by atoms with van der Waals surface area (Å²) in [7, 11) is 3.49. The number of benzene rings is 1. The zero-order valence-electron chi connectivity index (χ0n) is 15.6. The SMILES string of the molecule is CN=C(NCCCOC)NCC(C)(C)c1ccc2c(c1)OCCO2.I. The molecule has 2 N–H and O–H groups in total. The fourth-order valence-corrected chi connectivity index (χ4v) is 2.51. The molecular formula is C18H30IN3O3. The second kappa shape index (κ2) is 10.7. The Hall–Kier alpha value is -1.22. The first-order valence-electron chi connectivity index (χ1n) is 8.40. The molecule has 0 atom stereocenters. The van der Waals surface area contributed by atoms with Gasteiger partial charge in [0.05, 0.1) is 0 Å². The summed E-state index contributed by atoms with van der Waals surface area (Å²) in [5, 5.41) is 6.68. The summed E-state index contributed by atoms with van der Waals surface area (Å²) in [4.78, 5) is 4.26. The molecule has 7 heteroatoms. The van der Waals surface area contributed by atoms with Gasteiger partial charge in [0.15, 0.2) is 17.5 Å². The van der Waals surface area contributed by atoms with Gasteiger partial charge in [-0.25, -0.2) is 0 Å². The summed E-state index contributed by atoms with van der Waals surface area (Å²) in [5.74, 6) is 2.45.